The highest BCUT2D eigenvalue weighted by atomic mass is 16.5. The minimum Gasteiger partial charge on any atom is -0.495 e. The fraction of sp³-hybridized carbons (Fsp3) is 0.600. The largest absolute Gasteiger partial charge is 0.495 e. The van der Waals surface area contributed by atoms with E-state index in [1.165, 1.54) is 12.8 Å². The van der Waals surface area contributed by atoms with Gasteiger partial charge < -0.3 is 15.8 Å². The average Bonchev–Trinajstić information content (AvgIpc) is 2.31. The molecule has 1 unspecified atom stereocenters. The molecule has 0 aliphatic rings. The Morgan fingerprint density at radius 1 is 1.22 bits per heavy atom. The molecule has 1 rings (SSSR count). The highest BCUT2D eigenvalue weighted by molar-refractivity contribution is 5.73. The normalized spacial score (nSPS) is 12.5. The number of ether oxygens (including phenoxy) is 1. The van der Waals surface area contributed by atoms with Gasteiger partial charge in [0.15, 0.2) is 0 Å². The Bertz CT molecular complexity index is 364. The van der Waals surface area contributed by atoms with Crippen molar-refractivity contribution in [1.29, 1.82) is 0 Å². The molecule has 3 N–H and O–H groups in total. The topological polar surface area (TPSA) is 47.3 Å². The molecule has 3 heteroatoms. The zero-order valence-corrected chi connectivity index (χ0v) is 12.0. The first-order valence-corrected chi connectivity index (χ1v) is 6.73. The molecular formula is C15H26N2O. The molecular weight excluding hydrogens is 224 g/mol. The molecule has 1 aromatic carbocycles. The second kappa shape index (κ2) is 7.14. The fourth-order valence-corrected chi connectivity index (χ4v) is 2.02. The number of methoxy groups -OCH3 is 1. The van der Waals surface area contributed by atoms with Crippen molar-refractivity contribution in [1.82, 2.24) is 0 Å². The van der Waals surface area contributed by atoms with E-state index in [-0.39, 0.29) is 0 Å². The van der Waals surface area contributed by atoms with Crippen LogP contribution in [-0.2, 0) is 0 Å². The lowest BCUT2D eigenvalue weighted by atomic mass is 10.0. The number of nitrogens with one attached hydrogen (secondary N) is 1. The number of nitrogens with two attached hydrogens (primary N) is 1. The monoisotopic (exact) mass is 250 g/mol. The zero-order valence-electron chi connectivity index (χ0n) is 12.0. The van der Waals surface area contributed by atoms with Crippen molar-refractivity contribution >= 4 is 11.4 Å². The Labute approximate surface area is 111 Å². The van der Waals surface area contributed by atoms with Crippen LogP contribution < -0.4 is 15.8 Å². The van der Waals surface area contributed by atoms with E-state index < -0.39 is 0 Å². The summed E-state index contributed by atoms with van der Waals surface area (Å²) in [4.78, 5) is 0. The number of anilines is 2. The first-order chi connectivity index (χ1) is 8.54. The van der Waals surface area contributed by atoms with Crippen molar-refractivity contribution in [2.45, 2.75) is 46.1 Å². The van der Waals surface area contributed by atoms with Crippen molar-refractivity contribution in [2.75, 3.05) is 18.2 Å². The molecule has 0 aromatic heterocycles. The van der Waals surface area contributed by atoms with E-state index in [0.29, 0.717) is 11.7 Å². The predicted molar refractivity (Wildman–Crippen MR) is 79.2 cm³/mol. The van der Waals surface area contributed by atoms with Crippen LogP contribution >= 0.6 is 0 Å². The van der Waals surface area contributed by atoms with E-state index in [4.69, 9.17) is 10.5 Å². The van der Waals surface area contributed by atoms with Gasteiger partial charge in [-0.15, -0.1) is 0 Å². The van der Waals surface area contributed by atoms with Crippen LogP contribution in [0.2, 0.25) is 0 Å². The second-order valence-corrected chi connectivity index (χ2v) is 5.29. The quantitative estimate of drug-likeness (QED) is 0.721. The van der Waals surface area contributed by atoms with Gasteiger partial charge in [-0.1, -0.05) is 32.8 Å². The number of benzene rings is 1. The molecule has 0 amide bonds. The third kappa shape index (κ3) is 4.47. The number of hydrogen-bond acceptors (Lipinski definition) is 3. The van der Waals surface area contributed by atoms with Gasteiger partial charge in [-0.3, -0.25) is 0 Å². The van der Waals surface area contributed by atoms with Crippen LogP contribution in [0.25, 0.3) is 0 Å². The Hall–Kier alpha value is -1.38. The maximum absolute atomic E-state index is 6.03. The lowest BCUT2D eigenvalue weighted by Gasteiger charge is -2.18. The second-order valence-electron chi connectivity index (χ2n) is 5.29. The van der Waals surface area contributed by atoms with Crippen LogP contribution in [0, 0.1) is 5.92 Å². The third-order valence-electron chi connectivity index (χ3n) is 3.11. The lowest BCUT2D eigenvalue weighted by Crippen LogP contribution is -2.16. The first kappa shape index (κ1) is 14.7. The number of hydrogen-bond donors (Lipinski definition) is 2. The van der Waals surface area contributed by atoms with Gasteiger partial charge in [0.1, 0.15) is 5.75 Å². The van der Waals surface area contributed by atoms with Crippen LogP contribution in [0.4, 0.5) is 11.4 Å². The summed E-state index contributed by atoms with van der Waals surface area (Å²) in [6.45, 7) is 6.72. The summed E-state index contributed by atoms with van der Waals surface area (Å²) in [5, 5.41) is 3.45. The van der Waals surface area contributed by atoms with E-state index >= 15 is 0 Å². The molecule has 0 spiro atoms. The van der Waals surface area contributed by atoms with E-state index in [1.54, 1.807) is 7.11 Å². The summed E-state index contributed by atoms with van der Waals surface area (Å²) < 4.78 is 5.21. The van der Waals surface area contributed by atoms with Gasteiger partial charge in [0.2, 0.25) is 0 Å². The van der Waals surface area contributed by atoms with Gasteiger partial charge >= 0.3 is 0 Å². The van der Waals surface area contributed by atoms with E-state index in [2.05, 4.69) is 26.1 Å². The molecule has 18 heavy (non-hydrogen) atoms. The van der Waals surface area contributed by atoms with Gasteiger partial charge in [-0.2, -0.15) is 0 Å². The number of rotatable bonds is 7. The van der Waals surface area contributed by atoms with Crippen molar-refractivity contribution < 1.29 is 4.74 Å². The molecule has 0 fully saturated rings. The van der Waals surface area contributed by atoms with Gasteiger partial charge in [-0.05, 0) is 31.4 Å². The summed E-state index contributed by atoms with van der Waals surface area (Å²) in [5.74, 6) is 1.51. The molecule has 0 saturated heterocycles. The summed E-state index contributed by atoms with van der Waals surface area (Å²) in [6, 6.07) is 6.26. The summed E-state index contributed by atoms with van der Waals surface area (Å²) in [6.07, 6.45) is 3.68. The van der Waals surface area contributed by atoms with Crippen LogP contribution in [0.3, 0.4) is 0 Å². The van der Waals surface area contributed by atoms with Crippen molar-refractivity contribution in [3.8, 4) is 5.75 Å². The fourth-order valence-electron chi connectivity index (χ4n) is 2.02. The number of nitrogen functional groups attached to an aromatic ring is 1. The third-order valence-corrected chi connectivity index (χ3v) is 3.11. The highest BCUT2D eigenvalue weighted by Gasteiger charge is 2.08. The molecule has 0 bridgehead atoms. The summed E-state index contributed by atoms with van der Waals surface area (Å²) >= 11 is 0. The minimum atomic E-state index is 0.429. The van der Waals surface area contributed by atoms with Crippen LogP contribution in [-0.4, -0.2) is 13.2 Å². The molecule has 1 aromatic rings. The first-order valence-electron chi connectivity index (χ1n) is 6.73. The van der Waals surface area contributed by atoms with E-state index in [9.17, 15) is 0 Å². The van der Waals surface area contributed by atoms with Crippen LogP contribution in [0.5, 0.6) is 5.75 Å². The SMILES string of the molecule is COc1cccc(NC(C)CCCC(C)C)c1N. The summed E-state index contributed by atoms with van der Waals surface area (Å²) in [7, 11) is 1.64. The molecule has 0 radical (unpaired) electrons. The standard InChI is InChI=1S/C15H26N2O/c1-11(2)7-5-8-12(3)17-13-9-6-10-14(18-4)15(13)16/h6,9-12,17H,5,7-8,16H2,1-4H3. The highest BCUT2D eigenvalue weighted by Crippen LogP contribution is 2.29. The van der Waals surface area contributed by atoms with E-state index in [1.807, 2.05) is 18.2 Å². The molecule has 3 nitrogen and oxygen atoms in total. The molecule has 0 aliphatic carbocycles. The average molecular weight is 250 g/mol. The Morgan fingerprint density at radius 3 is 2.56 bits per heavy atom. The summed E-state index contributed by atoms with van der Waals surface area (Å²) in [5.41, 5.74) is 7.69. The molecule has 0 saturated carbocycles. The van der Waals surface area contributed by atoms with Gasteiger partial charge in [0.05, 0.1) is 18.5 Å². The van der Waals surface area contributed by atoms with Gasteiger partial charge in [0.25, 0.3) is 0 Å². The molecule has 102 valence electrons. The molecule has 0 aliphatic heterocycles. The van der Waals surface area contributed by atoms with Crippen molar-refractivity contribution in [2.24, 2.45) is 5.92 Å². The smallest absolute Gasteiger partial charge is 0.143 e. The zero-order chi connectivity index (χ0) is 13.5. The van der Waals surface area contributed by atoms with E-state index in [0.717, 1.165) is 23.8 Å². The maximum Gasteiger partial charge on any atom is 0.143 e. The molecule has 1 atom stereocenters. The van der Waals surface area contributed by atoms with Crippen molar-refractivity contribution in [3.05, 3.63) is 18.2 Å². The lowest BCUT2D eigenvalue weighted by molar-refractivity contribution is 0.417. The van der Waals surface area contributed by atoms with Crippen molar-refractivity contribution in [3.63, 3.8) is 0 Å². The molecule has 0 heterocycles. The predicted octanol–water partition coefficient (Wildman–Crippen LogP) is 3.90. The van der Waals surface area contributed by atoms with Crippen LogP contribution in [0.15, 0.2) is 18.2 Å². The maximum atomic E-state index is 6.03. The minimum absolute atomic E-state index is 0.429. The Balaban J connectivity index is 2.51. The number of para-hydroxylation sites is 1. The Morgan fingerprint density at radius 2 is 1.94 bits per heavy atom. The Kier molecular flexibility index (Phi) is 5.83. The van der Waals surface area contributed by atoms with Gasteiger partial charge in [0, 0.05) is 6.04 Å². The van der Waals surface area contributed by atoms with Gasteiger partial charge in [-0.25, -0.2) is 0 Å². The van der Waals surface area contributed by atoms with Crippen LogP contribution in [0.1, 0.15) is 40.0 Å².